The van der Waals surface area contributed by atoms with E-state index < -0.39 is 0 Å². The van der Waals surface area contributed by atoms with E-state index in [1.165, 1.54) is 5.56 Å². The number of rotatable bonds is 2. The number of hydrogen-bond acceptors (Lipinski definition) is 2. The van der Waals surface area contributed by atoms with E-state index in [0.29, 0.717) is 5.56 Å². The maximum atomic E-state index is 13.5. The van der Waals surface area contributed by atoms with Crippen molar-refractivity contribution in [3.05, 3.63) is 107 Å². The van der Waals surface area contributed by atoms with Crippen molar-refractivity contribution in [1.29, 1.82) is 0 Å². The van der Waals surface area contributed by atoms with Crippen molar-refractivity contribution in [2.45, 2.75) is 26.2 Å². The van der Waals surface area contributed by atoms with Gasteiger partial charge in [0.25, 0.3) is 5.91 Å². The fourth-order valence-electron chi connectivity index (χ4n) is 4.13. The lowest BCUT2D eigenvalue weighted by Crippen LogP contribution is -2.22. The highest BCUT2D eigenvalue weighted by Gasteiger charge is 2.34. The Balaban J connectivity index is 1.69. The zero-order chi connectivity index (χ0) is 21.6. The highest BCUT2D eigenvalue weighted by Crippen LogP contribution is 2.40. The molecule has 0 bridgehead atoms. The number of pyridine rings is 1. The average molecular weight is 405 g/mol. The van der Waals surface area contributed by atoms with Crippen LogP contribution in [0.1, 0.15) is 47.8 Å². The first kappa shape index (κ1) is 19.3. The largest absolute Gasteiger partial charge is 0.274 e. The van der Waals surface area contributed by atoms with Crippen molar-refractivity contribution in [2.75, 3.05) is 4.90 Å². The molecule has 152 valence electrons. The molecule has 1 aromatic heterocycles. The van der Waals surface area contributed by atoms with Crippen LogP contribution in [0.15, 0.2) is 85.1 Å². The maximum Gasteiger partial charge on any atom is 0.263 e. The number of amides is 1. The Bertz CT molecular complexity index is 1320. The molecule has 1 amide bonds. The molecule has 3 aromatic carbocycles. The highest BCUT2D eigenvalue weighted by atomic mass is 16.2. The van der Waals surface area contributed by atoms with E-state index in [4.69, 9.17) is 0 Å². The number of nitrogens with zero attached hydrogens (tertiary/aromatic N) is 2. The number of aromatic nitrogens is 1. The molecule has 0 unspecified atom stereocenters. The Morgan fingerprint density at radius 1 is 0.806 bits per heavy atom. The summed E-state index contributed by atoms with van der Waals surface area (Å²) in [4.78, 5) is 19.9. The Kier molecular flexibility index (Phi) is 4.48. The van der Waals surface area contributed by atoms with E-state index in [-0.39, 0.29) is 11.3 Å². The molecular formula is C28H24N2O. The van der Waals surface area contributed by atoms with Crippen LogP contribution in [0.4, 0.5) is 5.69 Å². The van der Waals surface area contributed by atoms with Crippen LogP contribution >= 0.6 is 0 Å². The minimum Gasteiger partial charge on any atom is -0.274 e. The third-order valence-electron chi connectivity index (χ3n) is 5.81. The van der Waals surface area contributed by atoms with E-state index in [1.54, 1.807) is 11.1 Å². The SMILES string of the molecule is CC(C)(C)c1ccc(/C=C2/c3ccccc3C(=O)N2c2cccc3cccnc23)cc1. The van der Waals surface area contributed by atoms with E-state index in [0.717, 1.165) is 33.4 Å². The van der Waals surface area contributed by atoms with Crippen LogP contribution in [0, 0.1) is 0 Å². The normalized spacial score (nSPS) is 15.0. The topological polar surface area (TPSA) is 33.2 Å². The van der Waals surface area contributed by atoms with Gasteiger partial charge in [-0.1, -0.05) is 81.4 Å². The average Bonchev–Trinajstić information content (AvgIpc) is 3.05. The van der Waals surface area contributed by atoms with Crippen molar-refractivity contribution in [3.63, 3.8) is 0 Å². The minimum absolute atomic E-state index is 0.0219. The van der Waals surface area contributed by atoms with E-state index in [9.17, 15) is 4.79 Å². The molecule has 0 aliphatic carbocycles. The molecule has 2 heterocycles. The third kappa shape index (κ3) is 3.32. The molecule has 0 atom stereocenters. The first-order valence-electron chi connectivity index (χ1n) is 10.5. The first-order valence-corrected chi connectivity index (χ1v) is 10.5. The summed E-state index contributed by atoms with van der Waals surface area (Å²) in [7, 11) is 0. The second kappa shape index (κ2) is 7.21. The number of anilines is 1. The Labute approximate surface area is 182 Å². The summed E-state index contributed by atoms with van der Waals surface area (Å²) in [6.45, 7) is 6.63. The van der Waals surface area contributed by atoms with Crippen LogP contribution < -0.4 is 4.90 Å². The van der Waals surface area contributed by atoms with E-state index in [1.807, 2.05) is 54.6 Å². The predicted molar refractivity (Wildman–Crippen MR) is 128 cm³/mol. The molecule has 1 aliphatic heterocycles. The van der Waals surface area contributed by atoms with Crippen LogP contribution in [0.5, 0.6) is 0 Å². The summed E-state index contributed by atoms with van der Waals surface area (Å²) in [5.41, 5.74) is 6.60. The smallest absolute Gasteiger partial charge is 0.263 e. The lowest BCUT2D eigenvalue weighted by atomic mass is 9.86. The quantitative estimate of drug-likeness (QED) is 0.373. The van der Waals surface area contributed by atoms with Crippen molar-refractivity contribution in [1.82, 2.24) is 4.98 Å². The van der Waals surface area contributed by atoms with Crippen LogP contribution in [0.25, 0.3) is 22.7 Å². The summed E-state index contributed by atoms with van der Waals surface area (Å²) in [5.74, 6) is -0.0219. The molecule has 3 nitrogen and oxygen atoms in total. The number of benzene rings is 3. The predicted octanol–water partition coefficient (Wildman–Crippen LogP) is 6.69. The molecule has 31 heavy (non-hydrogen) atoms. The van der Waals surface area contributed by atoms with Gasteiger partial charge in [0.05, 0.1) is 16.9 Å². The standard InChI is InChI=1S/C28H24N2O/c1-28(2,3)21-15-13-19(14-16-21)18-25-22-10-4-5-11-23(22)27(31)30(25)24-12-6-8-20-9-7-17-29-26(20)24/h4-18H,1-3H3/b25-18-. The summed E-state index contributed by atoms with van der Waals surface area (Å²) in [5, 5.41) is 1.01. The van der Waals surface area contributed by atoms with Gasteiger partial charge in [-0.2, -0.15) is 0 Å². The third-order valence-corrected chi connectivity index (χ3v) is 5.81. The van der Waals surface area contributed by atoms with Gasteiger partial charge in [0.2, 0.25) is 0 Å². The Morgan fingerprint density at radius 2 is 1.52 bits per heavy atom. The molecule has 5 rings (SSSR count). The summed E-state index contributed by atoms with van der Waals surface area (Å²) >= 11 is 0. The van der Waals surface area contributed by atoms with Crippen LogP contribution in [0.3, 0.4) is 0 Å². The van der Waals surface area contributed by atoms with Crippen molar-refractivity contribution in [3.8, 4) is 0 Å². The minimum atomic E-state index is -0.0219. The molecule has 0 radical (unpaired) electrons. The fraction of sp³-hybridized carbons (Fsp3) is 0.143. The monoisotopic (exact) mass is 404 g/mol. The molecule has 3 heteroatoms. The summed E-state index contributed by atoms with van der Waals surface area (Å²) in [6.07, 6.45) is 3.87. The van der Waals surface area contributed by atoms with Gasteiger partial charge in [0.1, 0.15) is 0 Å². The van der Waals surface area contributed by atoms with Crippen LogP contribution in [0.2, 0.25) is 0 Å². The van der Waals surface area contributed by atoms with Gasteiger partial charge < -0.3 is 0 Å². The molecule has 0 saturated heterocycles. The highest BCUT2D eigenvalue weighted by molar-refractivity contribution is 6.26. The number of carbonyl (C=O) groups is 1. The second-order valence-electron chi connectivity index (χ2n) is 8.94. The molecule has 0 spiro atoms. The molecule has 0 fully saturated rings. The fourth-order valence-corrected chi connectivity index (χ4v) is 4.13. The number of para-hydroxylation sites is 1. The Morgan fingerprint density at radius 3 is 2.26 bits per heavy atom. The van der Waals surface area contributed by atoms with Gasteiger partial charge >= 0.3 is 0 Å². The molecule has 0 N–H and O–H groups in total. The summed E-state index contributed by atoms with van der Waals surface area (Å²) in [6, 6.07) is 26.3. The number of fused-ring (bicyclic) bond motifs is 2. The lowest BCUT2D eigenvalue weighted by molar-refractivity contribution is 0.101. The van der Waals surface area contributed by atoms with Gasteiger partial charge in [-0.25, -0.2) is 0 Å². The second-order valence-corrected chi connectivity index (χ2v) is 8.94. The molecule has 1 aliphatic rings. The first-order chi connectivity index (χ1) is 14.9. The van der Waals surface area contributed by atoms with E-state index >= 15 is 0 Å². The molecule has 4 aromatic rings. The zero-order valence-corrected chi connectivity index (χ0v) is 18.0. The van der Waals surface area contributed by atoms with Crippen molar-refractivity contribution >= 4 is 34.3 Å². The Hall–Kier alpha value is -3.72. The maximum absolute atomic E-state index is 13.5. The van der Waals surface area contributed by atoms with Gasteiger partial charge in [-0.15, -0.1) is 0 Å². The van der Waals surface area contributed by atoms with Gasteiger partial charge in [0.15, 0.2) is 0 Å². The zero-order valence-electron chi connectivity index (χ0n) is 18.0. The van der Waals surface area contributed by atoms with Crippen LogP contribution in [-0.4, -0.2) is 10.9 Å². The van der Waals surface area contributed by atoms with E-state index in [2.05, 4.69) is 56.1 Å². The lowest BCUT2D eigenvalue weighted by Gasteiger charge is -2.21. The molecular weight excluding hydrogens is 380 g/mol. The van der Waals surface area contributed by atoms with Crippen molar-refractivity contribution in [2.24, 2.45) is 0 Å². The molecule has 0 saturated carbocycles. The van der Waals surface area contributed by atoms with Gasteiger partial charge in [-0.3, -0.25) is 14.7 Å². The van der Waals surface area contributed by atoms with Gasteiger partial charge in [0, 0.05) is 22.7 Å². The van der Waals surface area contributed by atoms with Crippen molar-refractivity contribution < 1.29 is 4.79 Å². The number of hydrogen-bond donors (Lipinski definition) is 0. The van der Waals surface area contributed by atoms with Crippen LogP contribution in [-0.2, 0) is 5.41 Å². The number of carbonyl (C=O) groups excluding carboxylic acids is 1. The van der Waals surface area contributed by atoms with Gasteiger partial charge in [-0.05, 0) is 40.8 Å². The summed E-state index contributed by atoms with van der Waals surface area (Å²) < 4.78 is 0.